The van der Waals surface area contributed by atoms with E-state index in [-0.39, 0.29) is 17.6 Å². The number of nitrogens with zero attached hydrogens (tertiary/aromatic N) is 2. The van der Waals surface area contributed by atoms with Gasteiger partial charge in [0.2, 0.25) is 5.91 Å². The number of likely N-dealkylation sites (tertiary alicyclic amines) is 1. The minimum absolute atomic E-state index is 0.0143. The molecule has 0 bridgehead atoms. The molecular weight excluding hydrogens is 400 g/mol. The van der Waals surface area contributed by atoms with Crippen molar-refractivity contribution in [1.29, 1.82) is 0 Å². The molecule has 3 N–H and O–H groups in total. The fourth-order valence-corrected chi connectivity index (χ4v) is 4.45. The summed E-state index contributed by atoms with van der Waals surface area (Å²) in [6, 6.07) is 21.9. The topological polar surface area (TPSA) is 88.3 Å². The van der Waals surface area contributed by atoms with E-state index in [9.17, 15) is 9.59 Å². The van der Waals surface area contributed by atoms with Gasteiger partial charge in [-0.15, -0.1) is 0 Å². The molecule has 3 aromatic rings. The van der Waals surface area contributed by atoms with Crippen molar-refractivity contribution in [1.82, 2.24) is 15.2 Å². The second-order valence-electron chi connectivity index (χ2n) is 8.30. The molecule has 4 rings (SSSR count). The van der Waals surface area contributed by atoms with Crippen molar-refractivity contribution in [3.05, 3.63) is 84.1 Å². The first-order valence-electron chi connectivity index (χ1n) is 10.9. The van der Waals surface area contributed by atoms with Gasteiger partial charge >= 0.3 is 0 Å². The molecule has 1 aromatic heterocycles. The van der Waals surface area contributed by atoms with Crippen molar-refractivity contribution >= 4 is 17.6 Å². The number of pyridine rings is 1. The van der Waals surface area contributed by atoms with E-state index in [0.717, 1.165) is 16.7 Å². The monoisotopic (exact) mass is 428 g/mol. The molecule has 0 spiro atoms. The van der Waals surface area contributed by atoms with Gasteiger partial charge in [0.25, 0.3) is 5.91 Å². The number of aromatic nitrogens is 1. The average molecular weight is 429 g/mol. The zero-order chi connectivity index (χ0) is 22.6. The first-order chi connectivity index (χ1) is 15.5. The average Bonchev–Trinajstić information content (AvgIpc) is 3.25. The first kappa shape index (κ1) is 21.6. The van der Waals surface area contributed by atoms with Gasteiger partial charge in [-0.1, -0.05) is 54.6 Å². The van der Waals surface area contributed by atoms with Crippen molar-refractivity contribution in [2.45, 2.75) is 19.8 Å². The van der Waals surface area contributed by atoms with Crippen molar-refractivity contribution in [3.63, 3.8) is 0 Å². The number of hydrogen-bond acceptors (Lipinski definition) is 4. The lowest BCUT2D eigenvalue weighted by atomic mass is 9.79. The highest BCUT2D eigenvalue weighted by atomic mass is 16.2. The molecule has 2 aromatic carbocycles. The summed E-state index contributed by atoms with van der Waals surface area (Å²) in [5.41, 5.74) is 8.95. The Kier molecular flexibility index (Phi) is 6.21. The lowest BCUT2D eigenvalue weighted by molar-refractivity contribution is -0.130. The van der Waals surface area contributed by atoms with Crippen LogP contribution in [0.2, 0.25) is 0 Å². The molecule has 2 heterocycles. The van der Waals surface area contributed by atoms with Crippen LogP contribution in [0.4, 0.5) is 5.82 Å². The minimum Gasteiger partial charge on any atom is -0.383 e. The Morgan fingerprint density at radius 3 is 2.59 bits per heavy atom. The molecule has 0 radical (unpaired) electrons. The maximum absolute atomic E-state index is 13.2. The number of carbonyl (C=O) groups is 2. The van der Waals surface area contributed by atoms with Crippen molar-refractivity contribution in [2.24, 2.45) is 5.41 Å². The highest BCUT2D eigenvalue weighted by molar-refractivity contribution is 5.99. The van der Waals surface area contributed by atoms with Crippen LogP contribution in [-0.2, 0) is 11.2 Å². The third kappa shape index (κ3) is 4.35. The van der Waals surface area contributed by atoms with Gasteiger partial charge in [-0.2, -0.15) is 0 Å². The zero-order valence-corrected chi connectivity index (χ0v) is 18.3. The van der Waals surface area contributed by atoms with E-state index in [1.807, 2.05) is 31.2 Å². The summed E-state index contributed by atoms with van der Waals surface area (Å²) in [6.07, 6.45) is 2.72. The fourth-order valence-electron chi connectivity index (χ4n) is 4.45. The normalized spacial score (nSPS) is 17.8. The maximum atomic E-state index is 13.2. The Balaban J connectivity index is 1.61. The standard InChI is InChI=1S/C26H28N4O2/c1-2-28-25(32)26(13-15-30(18-26)24(31)22-12-7-14-29-23(22)27)17-19-8-6-11-21(16-19)20-9-4-3-5-10-20/h3-12,14,16H,2,13,15,17-18H2,1H3,(H2,27,29)(H,28,32)/t26-/m0/s1. The molecule has 1 aliphatic rings. The van der Waals surface area contributed by atoms with E-state index in [2.05, 4.69) is 40.6 Å². The molecule has 164 valence electrons. The highest BCUT2D eigenvalue weighted by Crippen LogP contribution is 2.36. The molecule has 32 heavy (non-hydrogen) atoms. The van der Waals surface area contributed by atoms with E-state index in [1.165, 1.54) is 0 Å². The van der Waals surface area contributed by atoms with Crippen LogP contribution in [0.3, 0.4) is 0 Å². The van der Waals surface area contributed by atoms with Crippen LogP contribution in [0, 0.1) is 5.41 Å². The van der Waals surface area contributed by atoms with Gasteiger partial charge in [-0.3, -0.25) is 9.59 Å². The van der Waals surface area contributed by atoms with E-state index < -0.39 is 5.41 Å². The molecular formula is C26H28N4O2. The van der Waals surface area contributed by atoms with Gasteiger partial charge in [-0.05, 0) is 48.6 Å². The van der Waals surface area contributed by atoms with E-state index in [0.29, 0.717) is 38.0 Å². The molecule has 2 amide bonds. The number of nitrogen functional groups attached to an aromatic ring is 1. The zero-order valence-electron chi connectivity index (χ0n) is 18.3. The number of anilines is 1. The number of benzene rings is 2. The molecule has 1 saturated heterocycles. The van der Waals surface area contributed by atoms with E-state index in [4.69, 9.17) is 5.73 Å². The second kappa shape index (κ2) is 9.22. The number of rotatable bonds is 6. The quantitative estimate of drug-likeness (QED) is 0.629. The summed E-state index contributed by atoms with van der Waals surface area (Å²) < 4.78 is 0. The number of nitrogens with one attached hydrogen (secondary N) is 1. The predicted octanol–water partition coefficient (Wildman–Crippen LogP) is 3.54. The Labute approximate surface area is 188 Å². The third-order valence-corrected chi connectivity index (χ3v) is 6.11. The van der Waals surface area contributed by atoms with E-state index in [1.54, 1.807) is 23.2 Å². The minimum atomic E-state index is -0.683. The van der Waals surface area contributed by atoms with Gasteiger partial charge in [-0.25, -0.2) is 4.98 Å². The summed E-state index contributed by atoms with van der Waals surface area (Å²) in [6.45, 7) is 3.31. The van der Waals surface area contributed by atoms with Crippen LogP contribution >= 0.6 is 0 Å². The molecule has 1 atom stereocenters. The summed E-state index contributed by atoms with van der Waals surface area (Å²) in [5.74, 6) is 0.0166. The Morgan fingerprint density at radius 2 is 1.84 bits per heavy atom. The van der Waals surface area contributed by atoms with Crippen LogP contribution in [0.15, 0.2) is 72.9 Å². The van der Waals surface area contributed by atoms with Crippen molar-refractivity contribution in [2.75, 3.05) is 25.4 Å². The summed E-state index contributed by atoms with van der Waals surface area (Å²) in [4.78, 5) is 32.1. The SMILES string of the molecule is CCNC(=O)[C@]1(Cc2cccc(-c3ccccc3)c2)CCN(C(=O)c2cccnc2N)C1. The van der Waals surface area contributed by atoms with E-state index >= 15 is 0 Å². The van der Waals surface area contributed by atoms with Crippen LogP contribution in [0.25, 0.3) is 11.1 Å². The Hall–Kier alpha value is -3.67. The maximum Gasteiger partial charge on any atom is 0.257 e. The van der Waals surface area contributed by atoms with Crippen LogP contribution in [0.5, 0.6) is 0 Å². The number of amides is 2. The third-order valence-electron chi connectivity index (χ3n) is 6.11. The summed E-state index contributed by atoms with van der Waals surface area (Å²) in [7, 11) is 0. The lowest BCUT2D eigenvalue weighted by Crippen LogP contribution is -2.45. The number of hydrogen-bond donors (Lipinski definition) is 2. The summed E-state index contributed by atoms with van der Waals surface area (Å²) >= 11 is 0. The molecule has 1 fully saturated rings. The van der Waals surface area contributed by atoms with Crippen molar-refractivity contribution in [3.8, 4) is 11.1 Å². The number of carbonyl (C=O) groups excluding carboxylic acids is 2. The predicted molar refractivity (Wildman–Crippen MR) is 126 cm³/mol. The second-order valence-corrected chi connectivity index (χ2v) is 8.30. The highest BCUT2D eigenvalue weighted by Gasteiger charge is 2.46. The smallest absolute Gasteiger partial charge is 0.257 e. The Bertz CT molecular complexity index is 1120. The van der Waals surface area contributed by atoms with Crippen LogP contribution in [0.1, 0.15) is 29.3 Å². The molecule has 0 unspecified atom stereocenters. The summed E-state index contributed by atoms with van der Waals surface area (Å²) in [5, 5.41) is 2.99. The fraction of sp³-hybridized carbons (Fsp3) is 0.269. The molecule has 6 heteroatoms. The van der Waals surface area contributed by atoms with Crippen molar-refractivity contribution < 1.29 is 9.59 Å². The van der Waals surface area contributed by atoms with Crippen LogP contribution in [-0.4, -0.2) is 41.3 Å². The van der Waals surface area contributed by atoms with Gasteiger partial charge in [0, 0.05) is 25.8 Å². The van der Waals surface area contributed by atoms with Gasteiger partial charge in [0.05, 0.1) is 11.0 Å². The molecule has 6 nitrogen and oxygen atoms in total. The number of nitrogens with two attached hydrogens (primary N) is 1. The first-order valence-corrected chi connectivity index (χ1v) is 10.9. The lowest BCUT2D eigenvalue weighted by Gasteiger charge is -2.28. The van der Waals surface area contributed by atoms with Gasteiger partial charge < -0.3 is 16.0 Å². The largest absolute Gasteiger partial charge is 0.383 e. The molecule has 0 aliphatic carbocycles. The Morgan fingerprint density at radius 1 is 1.06 bits per heavy atom. The molecule has 1 aliphatic heterocycles. The van der Waals surface area contributed by atoms with Gasteiger partial charge in [0.15, 0.2) is 0 Å². The van der Waals surface area contributed by atoms with Crippen LogP contribution < -0.4 is 11.1 Å². The van der Waals surface area contributed by atoms with Gasteiger partial charge in [0.1, 0.15) is 5.82 Å². The molecule has 0 saturated carbocycles.